The third kappa shape index (κ3) is 3.82. The molecule has 0 aromatic rings. The van der Waals surface area contributed by atoms with E-state index in [0.717, 1.165) is 19.5 Å². The molecule has 2 atom stereocenters. The molecule has 15 heavy (non-hydrogen) atoms. The van der Waals surface area contributed by atoms with Crippen molar-refractivity contribution >= 4 is 5.97 Å². The van der Waals surface area contributed by atoms with Crippen LogP contribution in [0.4, 0.5) is 0 Å². The molecule has 0 unspecified atom stereocenters. The first-order valence-electron chi connectivity index (χ1n) is 5.81. The molecular formula is C12H23NO2. The van der Waals surface area contributed by atoms with Gasteiger partial charge in [-0.15, -0.1) is 0 Å². The summed E-state index contributed by atoms with van der Waals surface area (Å²) in [6, 6.07) is 0. The average molecular weight is 213 g/mol. The second kappa shape index (κ2) is 4.97. The molecule has 0 aromatic heterocycles. The summed E-state index contributed by atoms with van der Waals surface area (Å²) in [6.45, 7) is 10.7. The fourth-order valence-corrected chi connectivity index (χ4v) is 2.26. The third-order valence-corrected chi connectivity index (χ3v) is 2.80. The van der Waals surface area contributed by atoms with Crippen molar-refractivity contribution < 1.29 is 9.53 Å². The number of esters is 1. The molecule has 1 rings (SSSR count). The van der Waals surface area contributed by atoms with E-state index < -0.39 is 0 Å². The lowest BCUT2D eigenvalue weighted by molar-refractivity contribution is -0.148. The van der Waals surface area contributed by atoms with E-state index >= 15 is 0 Å². The molecule has 0 spiro atoms. The predicted octanol–water partition coefficient (Wildman–Crippen LogP) is 1.82. The lowest BCUT2D eigenvalue weighted by Gasteiger charge is -2.25. The summed E-state index contributed by atoms with van der Waals surface area (Å²) in [7, 11) is 0. The number of carbonyl (C=O) groups excluding carboxylic acids is 1. The molecule has 0 amide bonds. The Morgan fingerprint density at radius 3 is 2.60 bits per heavy atom. The zero-order chi connectivity index (χ0) is 11.5. The first-order chi connectivity index (χ1) is 6.94. The first kappa shape index (κ1) is 12.5. The summed E-state index contributed by atoms with van der Waals surface area (Å²) in [5.74, 6) is 0.463. The molecule has 0 aliphatic carbocycles. The average Bonchev–Trinajstić information content (AvgIpc) is 2.49. The quantitative estimate of drug-likeness (QED) is 0.727. The molecule has 1 saturated heterocycles. The molecule has 88 valence electrons. The fraction of sp³-hybridized carbons (Fsp3) is 0.917. The van der Waals surface area contributed by atoms with Crippen molar-refractivity contribution in [3.8, 4) is 0 Å². The second-order valence-corrected chi connectivity index (χ2v) is 5.54. The van der Waals surface area contributed by atoms with Crippen LogP contribution in [0.1, 0.15) is 34.1 Å². The highest BCUT2D eigenvalue weighted by Crippen LogP contribution is 2.31. The maximum absolute atomic E-state index is 11.7. The molecule has 1 aliphatic rings. The van der Waals surface area contributed by atoms with Crippen LogP contribution in [0, 0.1) is 17.3 Å². The van der Waals surface area contributed by atoms with E-state index in [2.05, 4.69) is 26.1 Å². The number of hydrogen-bond donors (Lipinski definition) is 1. The normalized spacial score (nSPS) is 26.7. The van der Waals surface area contributed by atoms with Gasteiger partial charge in [-0.1, -0.05) is 20.8 Å². The van der Waals surface area contributed by atoms with Crippen LogP contribution in [0.3, 0.4) is 0 Å². The Kier molecular flexibility index (Phi) is 4.14. The smallest absolute Gasteiger partial charge is 0.310 e. The monoisotopic (exact) mass is 213 g/mol. The minimum absolute atomic E-state index is 0.0308. The van der Waals surface area contributed by atoms with Crippen LogP contribution in [0.5, 0.6) is 0 Å². The van der Waals surface area contributed by atoms with Gasteiger partial charge in [0.05, 0.1) is 12.5 Å². The minimum Gasteiger partial charge on any atom is -0.466 e. The van der Waals surface area contributed by atoms with E-state index in [1.165, 1.54) is 0 Å². The summed E-state index contributed by atoms with van der Waals surface area (Å²) in [5, 5.41) is 3.28. The van der Waals surface area contributed by atoms with Gasteiger partial charge in [-0.05, 0) is 31.2 Å². The number of nitrogens with one attached hydrogen (secondary N) is 1. The van der Waals surface area contributed by atoms with Crippen molar-refractivity contribution in [3.63, 3.8) is 0 Å². The summed E-state index contributed by atoms with van der Waals surface area (Å²) in [6.07, 6.45) is 1.07. The number of carbonyl (C=O) groups is 1. The Bertz CT molecular complexity index is 220. The second-order valence-electron chi connectivity index (χ2n) is 5.54. The number of ether oxygens (including phenoxy) is 1. The van der Waals surface area contributed by atoms with E-state index in [4.69, 9.17) is 4.74 Å². The van der Waals surface area contributed by atoms with Crippen molar-refractivity contribution in [1.29, 1.82) is 0 Å². The van der Waals surface area contributed by atoms with Crippen molar-refractivity contribution in [3.05, 3.63) is 0 Å². The van der Waals surface area contributed by atoms with E-state index in [1.807, 2.05) is 6.92 Å². The van der Waals surface area contributed by atoms with Gasteiger partial charge < -0.3 is 10.1 Å². The standard InChI is InChI=1S/C12H23NO2/c1-5-15-11(14)10-8-13-7-9(10)6-12(2,3)4/h9-10,13H,5-8H2,1-4H3/t9-,10-/m1/s1. The molecule has 3 heteroatoms. The zero-order valence-corrected chi connectivity index (χ0v) is 10.3. The Labute approximate surface area is 92.6 Å². The lowest BCUT2D eigenvalue weighted by Crippen LogP contribution is -2.27. The zero-order valence-electron chi connectivity index (χ0n) is 10.3. The lowest BCUT2D eigenvalue weighted by atomic mass is 9.80. The van der Waals surface area contributed by atoms with Gasteiger partial charge in [0.1, 0.15) is 0 Å². The van der Waals surface area contributed by atoms with Crippen molar-refractivity contribution in [2.24, 2.45) is 17.3 Å². The highest BCUT2D eigenvalue weighted by Gasteiger charge is 2.35. The highest BCUT2D eigenvalue weighted by molar-refractivity contribution is 5.73. The van der Waals surface area contributed by atoms with Crippen LogP contribution in [-0.2, 0) is 9.53 Å². The van der Waals surface area contributed by atoms with E-state index in [0.29, 0.717) is 12.5 Å². The van der Waals surface area contributed by atoms with Gasteiger partial charge in [-0.2, -0.15) is 0 Å². The first-order valence-corrected chi connectivity index (χ1v) is 5.81. The van der Waals surface area contributed by atoms with Crippen LogP contribution >= 0.6 is 0 Å². The van der Waals surface area contributed by atoms with E-state index in [-0.39, 0.29) is 17.3 Å². The molecule has 1 heterocycles. The number of rotatable bonds is 3. The summed E-state index contributed by atoms with van der Waals surface area (Å²) >= 11 is 0. The van der Waals surface area contributed by atoms with Crippen LogP contribution in [0.2, 0.25) is 0 Å². The van der Waals surface area contributed by atoms with Crippen molar-refractivity contribution in [2.75, 3.05) is 19.7 Å². The summed E-state index contributed by atoms with van der Waals surface area (Å²) in [5.41, 5.74) is 0.279. The third-order valence-electron chi connectivity index (χ3n) is 2.80. The van der Waals surface area contributed by atoms with E-state index in [1.54, 1.807) is 0 Å². The predicted molar refractivity (Wildman–Crippen MR) is 60.6 cm³/mol. The molecule has 1 N–H and O–H groups in total. The van der Waals surface area contributed by atoms with Gasteiger partial charge in [-0.3, -0.25) is 4.79 Å². The van der Waals surface area contributed by atoms with Crippen LogP contribution in [-0.4, -0.2) is 25.7 Å². The Balaban J connectivity index is 2.53. The van der Waals surface area contributed by atoms with Gasteiger partial charge in [0.15, 0.2) is 0 Å². The van der Waals surface area contributed by atoms with Crippen molar-refractivity contribution in [2.45, 2.75) is 34.1 Å². The van der Waals surface area contributed by atoms with Crippen LogP contribution in [0.25, 0.3) is 0 Å². The minimum atomic E-state index is -0.0308. The topological polar surface area (TPSA) is 38.3 Å². The molecule has 0 radical (unpaired) electrons. The van der Waals surface area contributed by atoms with Crippen LogP contribution in [0.15, 0.2) is 0 Å². The SMILES string of the molecule is CCOC(=O)[C@@H]1CNC[C@H]1CC(C)(C)C. The maximum Gasteiger partial charge on any atom is 0.310 e. The molecule has 3 nitrogen and oxygen atoms in total. The summed E-state index contributed by atoms with van der Waals surface area (Å²) < 4.78 is 5.09. The largest absolute Gasteiger partial charge is 0.466 e. The molecule has 0 bridgehead atoms. The highest BCUT2D eigenvalue weighted by atomic mass is 16.5. The van der Waals surface area contributed by atoms with Gasteiger partial charge in [-0.25, -0.2) is 0 Å². The molecule has 0 saturated carbocycles. The van der Waals surface area contributed by atoms with Gasteiger partial charge in [0, 0.05) is 6.54 Å². The molecule has 0 aromatic carbocycles. The Morgan fingerprint density at radius 1 is 1.40 bits per heavy atom. The molecule has 1 fully saturated rings. The Morgan fingerprint density at radius 2 is 2.07 bits per heavy atom. The molecular weight excluding hydrogens is 190 g/mol. The fourth-order valence-electron chi connectivity index (χ4n) is 2.26. The van der Waals surface area contributed by atoms with Gasteiger partial charge in [0.2, 0.25) is 0 Å². The molecule has 1 aliphatic heterocycles. The van der Waals surface area contributed by atoms with E-state index in [9.17, 15) is 4.79 Å². The number of hydrogen-bond acceptors (Lipinski definition) is 3. The van der Waals surface area contributed by atoms with Crippen molar-refractivity contribution in [1.82, 2.24) is 5.32 Å². The Hall–Kier alpha value is -0.570. The summed E-state index contributed by atoms with van der Waals surface area (Å²) in [4.78, 5) is 11.7. The van der Waals surface area contributed by atoms with Gasteiger partial charge in [0.25, 0.3) is 0 Å². The van der Waals surface area contributed by atoms with Gasteiger partial charge >= 0.3 is 5.97 Å². The van der Waals surface area contributed by atoms with Crippen LogP contribution < -0.4 is 5.32 Å². The maximum atomic E-state index is 11.7.